The van der Waals surface area contributed by atoms with E-state index in [2.05, 4.69) is 16.2 Å². The van der Waals surface area contributed by atoms with Gasteiger partial charge in [0.1, 0.15) is 0 Å². The van der Waals surface area contributed by atoms with E-state index in [1.165, 1.54) is 0 Å². The maximum absolute atomic E-state index is 12.8. The highest BCUT2D eigenvalue weighted by atomic mass is 32.2. The molecule has 0 aliphatic carbocycles. The molecule has 6 nitrogen and oxygen atoms in total. The van der Waals surface area contributed by atoms with E-state index in [1.807, 2.05) is 36.4 Å². The largest absolute Gasteiger partial charge is 0.381 e. The van der Waals surface area contributed by atoms with Gasteiger partial charge < -0.3 is 10.2 Å². The number of sulfonamides is 1. The third kappa shape index (κ3) is 4.34. The quantitative estimate of drug-likeness (QED) is 0.763. The number of likely N-dealkylation sites (tertiary alicyclic amines) is 1. The standard InChI is InChI=1S/C19H22N4O2S/c1-15-7-8-17(21-12-16-5-3-2-4-6-16)11-19(15)26(24,25)22-18-9-10-23(13-18)14-20/h2-8,11,18,21-22H,9-10,12-13H2,1H3. The highest BCUT2D eigenvalue weighted by molar-refractivity contribution is 7.89. The van der Waals surface area contributed by atoms with E-state index in [9.17, 15) is 8.42 Å². The van der Waals surface area contributed by atoms with Crippen molar-refractivity contribution >= 4 is 15.7 Å². The van der Waals surface area contributed by atoms with Crippen molar-refractivity contribution in [3.05, 3.63) is 59.7 Å². The van der Waals surface area contributed by atoms with Crippen LogP contribution in [0.15, 0.2) is 53.4 Å². The molecule has 0 amide bonds. The van der Waals surface area contributed by atoms with Crippen molar-refractivity contribution in [3.8, 4) is 6.19 Å². The monoisotopic (exact) mass is 370 g/mol. The zero-order chi connectivity index (χ0) is 18.6. The van der Waals surface area contributed by atoms with Crippen molar-refractivity contribution < 1.29 is 8.42 Å². The van der Waals surface area contributed by atoms with Gasteiger partial charge in [-0.2, -0.15) is 5.26 Å². The lowest BCUT2D eigenvalue weighted by Gasteiger charge is -2.16. The molecule has 3 rings (SSSR count). The number of anilines is 1. The molecule has 1 aliphatic heterocycles. The molecule has 1 unspecified atom stereocenters. The summed E-state index contributed by atoms with van der Waals surface area (Å²) in [4.78, 5) is 1.84. The van der Waals surface area contributed by atoms with E-state index >= 15 is 0 Å². The second kappa shape index (κ2) is 7.77. The third-order valence-corrected chi connectivity index (χ3v) is 6.13. The summed E-state index contributed by atoms with van der Waals surface area (Å²) in [6.45, 7) is 3.41. The number of nitrogens with one attached hydrogen (secondary N) is 2. The summed E-state index contributed by atoms with van der Waals surface area (Å²) in [6, 6.07) is 15.0. The number of benzene rings is 2. The average molecular weight is 370 g/mol. The van der Waals surface area contributed by atoms with Gasteiger partial charge in [-0.15, -0.1) is 0 Å². The first-order valence-electron chi connectivity index (χ1n) is 8.53. The van der Waals surface area contributed by atoms with Gasteiger partial charge in [0.15, 0.2) is 6.19 Å². The van der Waals surface area contributed by atoms with Crippen LogP contribution < -0.4 is 10.0 Å². The lowest BCUT2D eigenvalue weighted by molar-refractivity contribution is 0.470. The number of hydrogen-bond donors (Lipinski definition) is 2. The minimum Gasteiger partial charge on any atom is -0.381 e. The lowest BCUT2D eigenvalue weighted by atomic mass is 10.2. The summed E-state index contributed by atoms with van der Waals surface area (Å²) in [5.74, 6) is 0. The molecule has 2 N–H and O–H groups in total. The Balaban J connectivity index is 1.73. The van der Waals surface area contributed by atoms with Crippen LogP contribution in [0, 0.1) is 18.4 Å². The van der Waals surface area contributed by atoms with E-state index in [1.54, 1.807) is 24.0 Å². The number of hydrogen-bond acceptors (Lipinski definition) is 5. The van der Waals surface area contributed by atoms with Crippen molar-refractivity contribution in [3.63, 3.8) is 0 Å². The molecule has 0 bridgehead atoms. The topological polar surface area (TPSA) is 85.2 Å². The van der Waals surface area contributed by atoms with Crippen LogP contribution in [0.2, 0.25) is 0 Å². The normalized spacial score (nSPS) is 17.1. The van der Waals surface area contributed by atoms with Crippen molar-refractivity contribution in [2.24, 2.45) is 0 Å². The molecule has 2 aromatic carbocycles. The molecule has 0 saturated carbocycles. The van der Waals surface area contributed by atoms with Crippen molar-refractivity contribution in [2.45, 2.75) is 30.8 Å². The number of aryl methyl sites for hydroxylation is 1. The Kier molecular flexibility index (Phi) is 5.45. The third-order valence-electron chi connectivity index (χ3n) is 4.47. The van der Waals surface area contributed by atoms with E-state index in [4.69, 9.17) is 5.26 Å². The molecule has 0 radical (unpaired) electrons. The molecule has 0 aromatic heterocycles. The summed E-state index contributed by atoms with van der Waals surface area (Å²) >= 11 is 0. The molecular weight excluding hydrogens is 348 g/mol. The molecule has 1 atom stereocenters. The Morgan fingerprint density at radius 2 is 2.00 bits per heavy atom. The molecule has 2 aromatic rings. The summed E-state index contributed by atoms with van der Waals surface area (Å²) in [7, 11) is -3.64. The number of nitriles is 1. The van der Waals surface area contributed by atoms with Gasteiger partial charge >= 0.3 is 0 Å². The van der Waals surface area contributed by atoms with E-state index in [0.717, 1.165) is 11.3 Å². The molecule has 7 heteroatoms. The van der Waals surface area contributed by atoms with Crippen molar-refractivity contribution in [2.75, 3.05) is 18.4 Å². The summed E-state index contributed by atoms with van der Waals surface area (Å²) in [5, 5.41) is 12.2. The van der Waals surface area contributed by atoms with E-state index < -0.39 is 10.0 Å². The number of rotatable bonds is 6. The predicted molar refractivity (Wildman–Crippen MR) is 101 cm³/mol. The van der Waals surface area contributed by atoms with Gasteiger partial charge in [0, 0.05) is 31.4 Å². The van der Waals surface area contributed by atoms with Crippen LogP contribution >= 0.6 is 0 Å². The Bertz CT molecular complexity index is 907. The molecule has 1 saturated heterocycles. The van der Waals surface area contributed by atoms with Crippen molar-refractivity contribution in [1.82, 2.24) is 9.62 Å². The van der Waals surface area contributed by atoms with Gasteiger partial charge in [-0.1, -0.05) is 36.4 Å². The summed E-state index contributed by atoms with van der Waals surface area (Å²) < 4.78 is 28.3. The molecule has 1 heterocycles. The summed E-state index contributed by atoms with van der Waals surface area (Å²) in [6.07, 6.45) is 2.70. The molecule has 1 fully saturated rings. The smallest absolute Gasteiger partial charge is 0.241 e. The van der Waals surface area contributed by atoms with Crippen LogP contribution in [0.5, 0.6) is 0 Å². The van der Waals surface area contributed by atoms with Crippen LogP contribution in [0.25, 0.3) is 0 Å². The Morgan fingerprint density at radius 3 is 2.69 bits per heavy atom. The molecule has 1 aliphatic rings. The molecule has 136 valence electrons. The SMILES string of the molecule is Cc1ccc(NCc2ccccc2)cc1S(=O)(=O)NC1CCN(C#N)C1. The van der Waals surface area contributed by atoms with E-state index in [-0.39, 0.29) is 10.9 Å². The molecule has 26 heavy (non-hydrogen) atoms. The lowest BCUT2D eigenvalue weighted by Crippen LogP contribution is -2.36. The maximum atomic E-state index is 12.8. The number of nitrogens with zero attached hydrogens (tertiary/aromatic N) is 2. The van der Waals surface area contributed by atoms with Crippen LogP contribution in [0.1, 0.15) is 17.5 Å². The highest BCUT2D eigenvalue weighted by Gasteiger charge is 2.27. The van der Waals surface area contributed by atoms with Gasteiger partial charge in [0.05, 0.1) is 4.90 Å². The fourth-order valence-corrected chi connectivity index (χ4v) is 4.56. The van der Waals surface area contributed by atoms with Gasteiger partial charge in [-0.3, -0.25) is 0 Å². The Hall–Kier alpha value is -2.56. The van der Waals surface area contributed by atoms with Gasteiger partial charge in [0.25, 0.3) is 0 Å². The average Bonchev–Trinajstić information content (AvgIpc) is 3.08. The fraction of sp³-hybridized carbons (Fsp3) is 0.316. The second-order valence-corrected chi connectivity index (χ2v) is 8.15. The van der Waals surface area contributed by atoms with Crippen LogP contribution in [0.3, 0.4) is 0 Å². The highest BCUT2D eigenvalue weighted by Crippen LogP contribution is 2.22. The Labute approximate surface area is 154 Å². The first-order chi connectivity index (χ1) is 12.5. The van der Waals surface area contributed by atoms with Crippen LogP contribution in [0.4, 0.5) is 5.69 Å². The summed E-state index contributed by atoms with van der Waals surface area (Å²) in [5.41, 5.74) is 2.57. The van der Waals surface area contributed by atoms with Gasteiger partial charge in [0.2, 0.25) is 10.0 Å². The maximum Gasteiger partial charge on any atom is 0.241 e. The van der Waals surface area contributed by atoms with Crippen LogP contribution in [-0.4, -0.2) is 32.4 Å². The molecule has 0 spiro atoms. The van der Waals surface area contributed by atoms with Crippen LogP contribution in [-0.2, 0) is 16.6 Å². The molecular formula is C19H22N4O2S. The van der Waals surface area contributed by atoms with Gasteiger partial charge in [-0.25, -0.2) is 13.1 Å². The van der Waals surface area contributed by atoms with Crippen molar-refractivity contribution in [1.29, 1.82) is 5.26 Å². The first kappa shape index (κ1) is 18.2. The fourth-order valence-electron chi connectivity index (χ4n) is 3.03. The zero-order valence-corrected chi connectivity index (χ0v) is 15.5. The zero-order valence-electron chi connectivity index (χ0n) is 14.6. The Morgan fingerprint density at radius 1 is 1.23 bits per heavy atom. The minimum absolute atomic E-state index is 0.236. The predicted octanol–water partition coefficient (Wildman–Crippen LogP) is 2.44. The van der Waals surface area contributed by atoms with Gasteiger partial charge in [-0.05, 0) is 36.6 Å². The van der Waals surface area contributed by atoms with E-state index in [0.29, 0.717) is 31.6 Å². The minimum atomic E-state index is -3.64. The first-order valence-corrected chi connectivity index (χ1v) is 10.0. The second-order valence-electron chi connectivity index (χ2n) is 6.47.